The summed E-state index contributed by atoms with van der Waals surface area (Å²) in [6.07, 6.45) is 4.80. The number of carbonyl (C=O) groups excluding carboxylic acids is 2. The number of hydrogen-bond donors (Lipinski definition) is 1. The lowest BCUT2D eigenvalue weighted by Gasteiger charge is -2.34. The number of halogens is 1. The zero-order valence-electron chi connectivity index (χ0n) is 19.1. The first-order valence-electron chi connectivity index (χ1n) is 11.1. The lowest BCUT2D eigenvalue weighted by Crippen LogP contribution is -2.48. The second kappa shape index (κ2) is 14.1. The molecular weight excluding hydrogens is 497 g/mol. The van der Waals surface area contributed by atoms with E-state index in [1.165, 1.54) is 0 Å². The normalized spacial score (nSPS) is 22.4. The van der Waals surface area contributed by atoms with Crippen molar-refractivity contribution in [1.82, 2.24) is 20.0 Å². The zero-order chi connectivity index (χ0) is 21.2. The summed E-state index contributed by atoms with van der Waals surface area (Å²) < 4.78 is 5.21. The number of ether oxygens (including phenoxy) is 1. The van der Waals surface area contributed by atoms with Crippen LogP contribution in [0.2, 0.25) is 0 Å². The van der Waals surface area contributed by atoms with Crippen LogP contribution in [0.1, 0.15) is 46.0 Å². The molecule has 1 N–H and O–H groups in total. The van der Waals surface area contributed by atoms with E-state index in [0.29, 0.717) is 19.7 Å². The summed E-state index contributed by atoms with van der Waals surface area (Å²) in [7, 11) is 3.65. The van der Waals surface area contributed by atoms with Crippen molar-refractivity contribution in [3.05, 3.63) is 0 Å². The van der Waals surface area contributed by atoms with Crippen molar-refractivity contribution in [1.29, 1.82) is 0 Å². The molecule has 9 heteroatoms. The minimum Gasteiger partial charge on any atom is -0.466 e. The minimum atomic E-state index is -0.0984. The molecule has 2 aliphatic rings. The molecular formula is C21H40IN5O3. The van der Waals surface area contributed by atoms with Gasteiger partial charge in [0.2, 0.25) is 5.91 Å². The maximum absolute atomic E-state index is 12.3. The van der Waals surface area contributed by atoms with Crippen molar-refractivity contribution >= 4 is 41.8 Å². The third kappa shape index (κ3) is 7.86. The number of likely N-dealkylation sites (N-methyl/N-ethyl adjacent to an activating group) is 1. The molecule has 2 heterocycles. The molecule has 30 heavy (non-hydrogen) atoms. The van der Waals surface area contributed by atoms with E-state index in [0.717, 1.165) is 64.2 Å². The van der Waals surface area contributed by atoms with Crippen molar-refractivity contribution in [3.63, 3.8) is 0 Å². The van der Waals surface area contributed by atoms with Gasteiger partial charge in [-0.3, -0.25) is 19.5 Å². The predicted octanol–water partition coefficient (Wildman–Crippen LogP) is 1.79. The first-order valence-corrected chi connectivity index (χ1v) is 11.1. The number of esters is 1. The van der Waals surface area contributed by atoms with Crippen molar-refractivity contribution < 1.29 is 14.3 Å². The fourth-order valence-electron chi connectivity index (χ4n) is 4.18. The molecule has 2 rings (SSSR count). The second-order valence-corrected chi connectivity index (χ2v) is 8.05. The summed E-state index contributed by atoms with van der Waals surface area (Å²) in [6.45, 7) is 9.29. The highest BCUT2D eigenvalue weighted by atomic mass is 127. The number of carbonyl (C=O) groups is 2. The van der Waals surface area contributed by atoms with Crippen LogP contribution in [0.3, 0.4) is 0 Å². The molecule has 0 aliphatic carbocycles. The molecule has 2 fully saturated rings. The van der Waals surface area contributed by atoms with Crippen LogP contribution in [0.25, 0.3) is 0 Å². The molecule has 0 aromatic heterocycles. The Hall–Kier alpha value is -1.10. The van der Waals surface area contributed by atoms with Gasteiger partial charge in [0.05, 0.1) is 18.6 Å². The van der Waals surface area contributed by atoms with Crippen LogP contribution in [0.15, 0.2) is 4.99 Å². The average Bonchev–Trinajstić information content (AvgIpc) is 3.18. The van der Waals surface area contributed by atoms with E-state index >= 15 is 0 Å². The molecule has 0 radical (unpaired) electrons. The van der Waals surface area contributed by atoms with E-state index in [4.69, 9.17) is 9.73 Å². The highest BCUT2D eigenvalue weighted by Crippen LogP contribution is 2.20. The van der Waals surface area contributed by atoms with Crippen molar-refractivity contribution in [2.24, 2.45) is 10.9 Å². The van der Waals surface area contributed by atoms with Gasteiger partial charge in [-0.2, -0.15) is 0 Å². The SMILES string of the molecule is CCNC(=NCCCN1CCCC1C(=O)N(C)C)N1CCCC(C(=O)OCC)C1.I. The van der Waals surface area contributed by atoms with Crippen molar-refractivity contribution in [2.45, 2.75) is 52.0 Å². The average molecular weight is 537 g/mol. The second-order valence-electron chi connectivity index (χ2n) is 8.05. The molecule has 1 amide bonds. The van der Waals surface area contributed by atoms with E-state index in [-0.39, 0.29) is 47.8 Å². The van der Waals surface area contributed by atoms with Crippen molar-refractivity contribution in [2.75, 3.05) is 60.0 Å². The van der Waals surface area contributed by atoms with Crippen LogP contribution in [-0.4, -0.2) is 98.5 Å². The maximum atomic E-state index is 12.3. The summed E-state index contributed by atoms with van der Waals surface area (Å²) in [5.74, 6) is 0.912. The van der Waals surface area contributed by atoms with Crippen molar-refractivity contribution in [3.8, 4) is 0 Å². The van der Waals surface area contributed by atoms with Gasteiger partial charge in [0.25, 0.3) is 0 Å². The Labute approximate surface area is 198 Å². The van der Waals surface area contributed by atoms with Crippen LogP contribution < -0.4 is 5.32 Å². The van der Waals surface area contributed by atoms with E-state index in [1.54, 1.807) is 4.90 Å². The molecule has 0 aromatic carbocycles. The third-order valence-corrected chi connectivity index (χ3v) is 5.63. The Balaban J connectivity index is 0.00000450. The first-order chi connectivity index (χ1) is 14.0. The standard InChI is InChI=1S/C21H39N5O3.HI/c1-5-22-21(26-14-7-10-17(16-26)20(28)29-6-2)23-12-9-15-25-13-8-11-18(25)19(27)24(3)4;/h17-18H,5-16H2,1-4H3,(H,22,23);1H. The van der Waals surface area contributed by atoms with E-state index < -0.39 is 0 Å². The Morgan fingerprint density at radius 1 is 1.17 bits per heavy atom. The molecule has 2 atom stereocenters. The summed E-state index contributed by atoms with van der Waals surface area (Å²) >= 11 is 0. The van der Waals surface area contributed by atoms with E-state index in [2.05, 4.69) is 22.0 Å². The lowest BCUT2D eigenvalue weighted by atomic mass is 9.98. The number of rotatable bonds is 8. The predicted molar refractivity (Wildman–Crippen MR) is 130 cm³/mol. The summed E-state index contributed by atoms with van der Waals surface area (Å²) in [5.41, 5.74) is 0. The fourth-order valence-corrected chi connectivity index (χ4v) is 4.18. The van der Waals surface area contributed by atoms with Gasteiger partial charge < -0.3 is 19.9 Å². The van der Waals surface area contributed by atoms with Crippen LogP contribution in [-0.2, 0) is 14.3 Å². The molecule has 2 saturated heterocycles. The minimum absolute atomic E-state index is 0. The molecule has 0 spiro atoms. The van der Waals surface area contributed by atoms with Crippen LogP contribution in [0, 0.1) is 5.92 Å². The van der Waals surface area contributed by atoms with Crippen LogP contribution in [0.4, 0.5) is 0 Å². The summed E-state index contributed by atoms with van der Waals surface area (Å²) in [5, 5.41) is 3.36. The highest BCUT2D eigenvalue weighted by molar-refractivity contribution is 14.0. The number of hydrogen-bond acceptors (Lipinski definition) is 5. The number of aliphatic imine (C=N–C) groups is 1. The fraction of sp³-hybridized carbons (Fsp3) is 0.857. The highest BCUT2D eigenvalue weighted by Gasteiger charge is 2.31. The van der Waals surface area contributed by atoms with Gasteiger partial charge in [-0.25, -0.2) is 0 Å². The van der Waals surface area contributed by atoms with Gasteiger partial charge in [0.1, 0.15) is 0 Å². The monoisotopic (exact) mass is 537 g/mol. The van der Waals surface area contributed by atoms with Crippen LogP contribution >= 0.6 is 24.0 Å². The molecule has 0 saturated carbocycles. The topological polar surface area (TPSA) is 77.5 Å². The van der Waals surface area contributed by atoms with Crippen LogP contribution in [0.5, 0.6) is 0 Å². The number of likely N-dealkylation sites (tertiary alicyclic amines) is 2. The van der Waals surface area contributed by atoms with Gasteiger partial charge in [-0.05, 0) is 52.5 Å². The maximum Gasteiger partial charge on any atom is 0.310 e. The number of nitrogens with one attached hydrogen (secondary N) is 1. The summed E-state index contributed by atoms with van der Waals surface area (Å²) in [4.78, 5) is 35.4. The number of piperidine rings is 1. The molecule has 2 unspecified atom stereocenters. The molecule has 174 valence electrons. The Morgan fingerprint density at radius 2 is 1.90 bits per heavy atom. The van der Waals surface area contributed by atoms with Gasteiger partial charge >= 0.3 is 5.97 Å². The molecule has 0 bridgehead atoms. The van der Waals surface area contributed by atoms with Gasteiger partial charge in [0, 0.05) is 46.8 Å². The van der Waals surface area contributed by atoms with Gasteiger partial charge in [-0.15, -0.1) is 24.0 Å². The smallest absolute Gasteiger partial charge is 0.310 e. The Morgan fingerprint density at radius 3 is 2.57 bits per heavy atom. The lowest BCUT2D eigenvalue weighted by molar-refractivity contribution is -0.149. The Bertz CT molecular complexity index is 573. The van der Waals surface area contributed by atoms with Gasteiger partial charge in [-0.1, -0.05) is 0 Å². The molecule has 2 aliphatic heterocycles. The molecule has 0 aromatic rings. The zero-order valence-corrected chi connectivity index (χ0v) is 21.4. The largest absolute Gasteiger partial charge is 0.466 e. The Kier molecular flexibility index (Phi) is 12.6. The van der Waals surface area contributed by atoms with Gasteiger partial charge in [0.15, 0.2) is 5.96 Å². The van der Waals surface area contributed by atoms with E-state index in [9.17, 15) is 9.59 Å². The summed E-state index contributed by atoms with van der Waals surface area (Å²) in [6, 6.07) is 0.0228. The number of guanidine groups is 1. The first kappa shape index (κ1) is 26.9. The molecule has 8 nitrogen and oxygen atoms in total. The van der Waals surface area contributed by atoms with E-state index in [1.807, 2.05) is 21.0 Å². The third-order valence-electron chi connectivity index (χ3n) is 5.63. The number of amides is 1. The quantitative estimate of drug-likeness (QED) is 0.167. The number of nitrogens with zero attached hydrogens (tertiary/aromatic N) is 4.